The molecule has 0 rings (SSSR count). The smallest absolute Gasteiger partial charge is 0.333 e. The Morgan fingerprint density at radius 3 is 2.00 bits per heavy atom. The zero-order valence-electron chi connectivity index (χ0n) is 14.5. The maximum atomic E-state index is 12.7. The highest BCUT2D eigenvalue weighted by atomic mass is 32.2. The van der Waals surface area contributed by atoms with Gasteiger partial charge >= 0.3 is 5.97 Å². The van der Waals surface area contributed by atoms with E-state index >= 15 is 0 Å². The monoisotopic (exact) mass is 355 g/mol. The Balaban J connectivity index is 0. The minimum atomic E-state index is -4.61. The molecule has 138 valence electrons. The summed E-state index contributed by atoms with van der Waals surface area (Å²) in [7, 11) is -4.61. The lowest BCUT2D eigenvalue weighted by Crippen LogP contribution is -2.21. The van der Waals surface area contributed by atoms with Gasteiger partial charge in [0.2, 0.25) is 5.50 Å². The normalized spacial score (nSPS) is 12.3. The number of nitrogens with zero attached hydrogens (tertiary/aromatic N) is 1. The third kappa shape index (κ3) is 14.3. The molecule has 0 radical (unpaired) electrons. The van der Waals surface area contributed by atoms with Crippen LogP contribution in [0.4, 0.5) is 4.39 Å². The molecule has 0 fully saturated rings. The second-order valence-corrected chi connectivity index (χ2v) is 6.50. The lowest BCUT2D eigenvalue weighted by molar-refractivity contribution is -0.139. The largest absolute Gasteiger partial charge is 0.462 e. The van der Waals surface area contributed by atoms with Crippen molar-refractivity contribution in [1.29, 1.82) is 0 Å². The number of hydrogen-bond acceptors (Lipinski definition) is 5. The molecule has 0 aliphatic carbocycles. The van der Waals surface area contributed by atoms with Gasteiger partial charge in [0.25, 0.3) is 10.1 Å². The highest BCUT2D eigenvalue weighted by Crippen LogP contribution is 2.10. The predicted molar refractivity (Wildman–Crippen MR) is 89.5 cm³/mol. The van der Waals surface area contributed by atoms with Gasteiger partial charge in [0.05, 0.1) is 6.61 Å². The van der Waals surface area contributed by atoms with Crippen molar-refractivity contribution in [3.63, 3.8) is 0 Å². The van der Waals surface area contributed by atoms with Crippen molar-refractivity contribution in [2.45, 2.75) is 52.5 Å². The van der Waals surface area contributed by atoms with E-state index in [-0.39, 0.29) is 25.0 Å². The third-order valence-corrected chi connectivity index (χ3v) is 3.95. The Morgan fingerprint density at radius 1 is 1.22 bits per heavy atom. The summed E-state index contributed by atoms with van der Waals surface area (Å²) >= 11 is 0. The lowest BCUT2D eigenvalue weighted by atomic mass is 10.2. The van der Waals surface area contributed by atoms with Crippen LogP contribution >= 0.6 is 0 Å². The molecule has 8 heteroatoms. The Bertz CT molecular complexity index is 430. The molecule has 0 aromatic heterocycles. The number of ether oxygens (including phenoxy) is 1. The SMILES string of the molecule is C=C(C)C(=O)OCCCCC(F)S(=O)(=O)O.CCN(CC)CC. The molecule has 23 heavy (non-hydrogen) atoms. The van der Waals surface area contributed by atoms with E-state index in [4.69, 9.17) is 9.29 Å². The fraction of sp³-hybridized carbons (Fsp3) is 0.800. The van der Waals surface area contributed by atoms with E-state index in [2.05, 4.69) is 32.3 Å². The van der Waals surface area contributed by atoms with Gasteiger partial charge in [-0.3, -0.25) is 4.55 Å². The fourth-order valence-electron chi connectivity index (χ4n) is 1.51. The van der Waals surface area contributed by atoms with E-state index in [1.165, 1.54) is 26.6 Å². The van der Waals surface area contributed by atoms with E-state index in [1.54, 1.807) is 0 Å². The average molecular weight is 355 g/mol. The molecular weight excluding hydrogens is 325 g/mol. The van der Waals surface area contributed by atoms with Gasteiger partial charge in [0, 0.05) is 5.57 Å². The summed E-state index contributed by atoms with van der Waals surface area (Å²) in [5, 5.41) is 0. The summed E-state index contributed by atoms with van der Waals surface area (Å²) in [6.45, 7) is 15.1. The molecule has 1 atom stereocenters. The van der Waals surface area contributed by atoms with Gasteiger partial charge in [-0.05, 0) is 45.8 Å². The first-order valence-electron chi connectivity index (χ1n) is 7.75. The van der Waals surface area contributed by atoms with Crippen LogP contribution in [-0.4, -0.2) is 55.6 Å². The van der Waals surface area contributed by atoms with E-state index in [0.29, 0.717) is 6.42 Å². The van der Waals surface area contributed by atoms with Gasteiger partial charge in [0.15, 0.2) is 0 Å². The minimum absolute atomic E-state index is 0.0733. The molecule has 0 aliphatic rings. The van der Waals surface area contributed by atoms with Gasteiger partial charge in [-0.1, -0.05) is 27.4 Å². The van der Waals surface area contributed by atoms with Crippen LogP contribution in [0, 0.1) is 0 Å². The number of alkyl halides is 1. The molecule has 0 spiro atoms. The van der Waals surface area contributed by atoms with Crippen molar-refractivity contribution in [2.75, 3.05) is 26.2 Å². The van der Waals surface area contributed by atoms with Crippen LogP contribution in [0.3, 0.4) is 0 Å². The fourth-order valence-corrected chi connectivity index (χ4v) is 1.98. The summed E-state index contributed by atoms with van der Waals surface area (Å²) < 4.78 is 46.2. The van der Waals surface area contributed by atoms with Gasteiger partial charge < -0.3 is 9.64 Å². The van der Waals surface area contributed by atoms with E-state index < -0.39 is 21.6 Å². The number of esters is 1. The molecule has 0 aliphatic heterocycles. The minimum Gasteiger partial charge on any atom is -0.462 e. The topological polar surface area (TPSA) is 83.9 Å². The second kappa shape index (κ2) is 13.4. The van der Waals surface area contributed by atoms with Crippen LogP contribution in [0.5, 0.6) is 0 Å². The van der Waals surface area contributed by atoms with Crippen LogP contribution in [0.15, 0.2) is 12.2 Å². The summed E-state index contributed by atoms with van der Waals surface area (Å²) in [5.74, 6) is -0.536. The third-order valence-electron chi connectivity index (χ3n) is 3.07. The van der Waals surface area contributed by atoms with E-state index in [9.17, 15) is 17.6 Å². The van der Waals surface area contributed by atoms with Crippen molar-refractivity contribution in [3.05, 3.63) is 12.2 Å². The first-order chi connectivity index (χ1) is 10.6. The highest BCUT2D eigenvalue weighted by Gasteiger charge is 2.20. The molecule has 1 unspecified atom stereocenters. The summed E-state index contributed by atoms with van der Waals surface area (Å²) in [6, 6.07) is 0. The molecular formula is C15H30FNO5S. The molecule has 6 nitrogen and oxygen atoms in total. The molecule has 0 aromatic carbocycles. The number of hydrogen-bond donors (Lipinski definition) is 1. The van der Waals surface area contributed by atoms with Crippen molar-refractivity contribution >= 4 is 16.1 Å². The zero-order valence-corrected chi connectivity index (χ0v) is 15.4. The summed E-state index contributed by atoms with van der Waals surface area (Å²) in [6.07, 6.45) is 0.211. The van der Waals surface area contributed by atoms with E-state index in [1.807, 2.05) is 0 Å². The summed E-state index contributed by atoms with van der Waals surface area (Å²) in [5.41, 5.74) is -2.01. The molecule has 0 saturated carbocycles. The van der Waals surface area contributed by atoms with Crippen LogP contribution < -0.4 is 0 Å². The van der Waals surface area contributed by atoms with Crippen molar-refractivity contribution < 1.29 is 26.9 Å². The van der Waals surface area contributed by atoms with Crippen LogP contribution in [0.25, 0.3) is 0 Å². The second-order valence-electron chi connectivity index (χ2n) is 4.96. The van der Waals surface area contributed by atoms with Crippen molar-refractivity contribution in [3.8, 4) is 0 Å². The highest BCUT2D eigenvalue weighted by molar-refractivity contribution is 7.86. The molecule has 0 bridgehead atoms. The van der Waals surface area contributed by atoms with Gasteiger partial charge in [0.1, 0.15) is 0 Å². The van der Waals surface area contributed by atoms with Crippen LogP contribution in [0.2, 0.25) is 0 Å². The number of carbonyl (C=O) groups is 1. The summed E-state index contributed by atoms with van der Waals surface area (Å²) in [4.78, 5) is 13.2. The standard InChI is InChI=1S/C9H15FO5S.C6H15N/c1-7(2)9(11)15-6-4-3-5-8(10)16(12,13)14;1-4-7(5-2)6-3/h8H,1,3-6H2,2H3,(H,12,13,14);4-6H2,1-3H3. The molecule has 1 N–H and O–H groups in total. The lowest BCUT2D eigenvalue weighted by Gasteiger charge is -2.13. The maximum Gasteiger partial charge on any atom is 0.333 e. The van der Waals surface area contributed by atoms with Crippen LogP contribution in [-0.2, 0) is 19.6 Å². The molecule has 0 amide bonds. The number of unbranched alkanes of at least 4 members (excludes halogenated alkanes) is 1. The quantitative estimate of drug-likeness (QED) is 0.281. The van der Waals surface area contributed by atoms with Gasteiger partial charge in [-0.15, -0.1) is 0 Å². The Labute approximate surface area is 139 Å². The first kappa shape index (κ1) is 24.3. The Morgan fingerprint density at radius 2 is 1.70 bits per heavy atom. The molecule has 0 heterocycles. The number of rotatable bonds is 10. The Kier molecular flexibility index (Phi) is 14.2. The van der Waals surface area contributed by atoms with Gasteiger partial charge in [-0.2, -0.15) is 8.42 Å². The Hall–Kier alpha value is -0.990. The first-order valence-corrected chi connectivity index (χ1v) is 9.25. The predicted octanol–water partition coefficient (Wildman–Crippen LogP) is 2.81. The van der Waals surface area contributed by atoms with E-state index in [0.717, 1.165) is 0 Å². The maximum absolute atomic E-state index is 12.7. The van der Waals surface area contributed by atoms with Crippen LogP contribution in [0.1, 0.15) is 47.0 Å². The molecule has 0 saturated heterocycles. The number of halogens is 1. The van der Waals surface area contributed by atoms with Gasteiger partial charge in [-0.25, -0.2) is 9.18 Å². The zero-order chi connectivity index (χ0) is 18.5. The molecule has 0 aromatic rings. The average Bonchev–Trinajstić information content (AvgIpc) is 2.47. The van der Waals surface area contributed by atoms with Crippen molar-refractivity contribution in [1.82, 2.24) is 4.90 Å². The van der Waals surface area contributed by atoms with Crippen molar-refractivity contribution in [2.24, 2.45) is 0 Å². The number of carbonyl (C=O) groups excluding carboxylic acids is 1.